The van der Waals surface area contributed by atoms with E-state index in [1.165, 1.54) is 12.1 Å². The molecule has 3 aromatic rings. The third-order valence-corrected chi connectivity index (χ3v) is 4.10. The van der Waals surface area contributed by atoms with E-state index in [9.17, 15) is 9.18 Å². The second-order valence-electron chi connectivity index (χ2n) is 5.43. The highest BCUT2D eigenvalue weighted by Gasteiger charge is 2.10. The van der Waals surface area contributed by atoms with Gasteiger partial charge in [-0.2, -0.15) is 0 Å². The molecule has 2 N–H and O–H groups in total. The first-order valence-electron chi connectivity index (χ1n) is 7.35. The first-order chi connectivity index (χ1) is 11.0. The summed E-state index contributed by atoms with van der Waals surface area (Å²) < 4.78 is 13.4. The molecule has 118 valence electrons. The van der Waals surface area contributed by atoms with Crippen LogP contribution in [0.25, 0.3) is 10.9 Å². The molecule has 2 aromatic carbocycles. The van der Waals surface area contributed by atoms with Crippen LogP contribution in [0.4, 0.5) is 4.39 Å². The molecule has 0 fully saturated rings. The number of aromatic nitrogens is 1. The molecule has 0 bridgehead atoms. The average Bonchev–Trinajstić information content (AvgIpc) is 2.83. The highest BCUT2D eigenvalue weighted by Crippen LogP contribution is 2.23. The summed E-state index contributed by atoms with van der Waals surface area (Å²) in [7, 11) is 0. The second kappa shape index (κ2) is 6.42. The summed E-state index contributed by atoms with van der Waals surface area (Å²) in [6.07, 6.45) is 0.634. The van der Waals surface area contributed by atoms with Crippen LogP contribution < -0.4 is 5.32 Å². The van der Waals surface area contributed by atoms with Crippen molar-refractivity contribution in [2.75, 3.05) is 6.54 Å². The van der Waals surface area contributed by atoms with Crippen LogP contribution in [-0.4, -0.2) is 17.4 Å². The second-order valence-corrected chi connectivity index (χ2v) is 5.87. The third kappa shape index (κ3) is 3.37. The first-order valence-corrected chi connectivity index (χ1v) is 7.73. The molecule has 0 aliphatic rings. The van der Waals surface area contributed by atoms with Gasteiger partial charge in [-0.1, -0.05) is 11.6 Å². The predicted octanol–water partition coefficient (Wildman–Crippen LogP) is 4.24. The Balaban J connectivity index is 1.69. The Bertz CT molecular complexity index is 855. The molecule has 0 saturated carbocycles. The number of aryl methyl sites for hydroxylation is 1. The minimum absolute atomic E-state index is 0.148. The molecule has 0 aliphatic carbocycles. The molecule has 1 amide bonds. The van der Waals surface area contributed by atoms with E-state index < -0.39 is 0 Å². The van der Waals surface area contributed by atoms with Crippen molar-refractivity contribution in [1.82, 2.24) is 10.3 Å². The topological polar surface area (TPSA) is 44.9 Å². The van der Waals surface area contributed by atoms with Crippen molar-refractivity contribution in [3.8, 4) is 0 Å². The van der Waals surface area contributed by atoms with Gasteiger partial charge in [0.2, 0.25) is 0 Å². The van der Waals surface area contributed by atoms with Crippen LogP contribution in [0, 0.1) is 12.7 Å². The fourth-order valence-corrected chi connectivity index (χ4v) is 2.81. The van der Waals surface area contributed by atoms with Crippen molar-refractivity contribution in [3.05, 3.63) is 70.1 Å². The lowest BCUT2D eigenvalue weighted by Gasteiger charge is -2.06. The lowest BCUT2D eigenvalue weighted by molar-refractivity contribution is 0.0954. The Kier molecular flexibility index (Phi) is 4.35. The number of aromatic amines is 1. The van der Waals surface area contributed by atoms with E-state index in [4.69, 9.17) is 11.6 Å². The van der Waals surface area contributed by atoms with Crippen LogP contribution in [0.15, 0.2) is 42.5 Å². The fraction of sp³-hybridized carbons (Fsp3) is 0.167. The van der Waals surface area contributed by atoms with Crippen LogP contribution in [0.2, 0.25) is 5.02 Å². The van der Waals surface area contributed by atoms with E-state index in [1.54, 1.807) is 30.3 Å². The molecule has 0 aliphatic heterocycles. The number of nitrogens with one attached hydrogen (secondary N) is 2. The lowest BCUT2D eigenvalue weighted by atomic mass is 10.1. The standard InChI is InChI=1S/C18H16ClFN2O/c1-11-15(16-10-14(20)6-7-17(16)22-11)8-9-21-18(23)12-2-4-13(19)5-3-12/h2-7,10,22H,8-9H2,1H3,(H,21,23). The molecule has 3 nitrogen and oxygen atoms in total. The summed E-state index contributed by atoms with van der Waals surface area (Å²) >= 11 is 5.81. The molecule has 0 radical (unpaired) electrons. The number of amides is 1. The van der Waals surface area contributed by atoms with Gasteiger partial charge in [0.25, 0.3) is 5.91 Å². The summed E-state index contributed by atoms with van der Waals surface area (Å²) in [5.74, 6) is -0.409. The van der Waals surface area contributed by atoms with Gasteiger partial charge in [0.05, 0.1) is 0 Å². The van der Waals surface area contributed by atoms with E-state index in [2.05, 4.69) is 10.3 Å². The summed E-state index contributed by atoms with van der Waals surface area (Å²) in [5.41, 5.74) is 3.49. The number of carbonyl (C=O) groups is 1. The van der Waals surface area contributed by atoms with Gasteiger partial charge in [0.15, 0.2) is 0 Å². The van der Waals surface area contributed by atoms with Crippen LogP contribution in [-0.2, 0) is 6.42 Å². The highest BCUT2D eigenvalue weighted by atomic mass is 35.5. The summed E-state index contributed by atoms with van der Waals surface area (Å²) in [5, 5.41) is 4.33. The minimum atomic E-state index is -0.261. The maximum atomic E-state index is 13.4. The van der Waals surface area contributed by atoms with E-state index in [0.29, 0.717) is 23.6 Å². The first kappa shape index (κ1) is 15.6. The number of fused-ring (bicyclic) bond motifs is 1. The maximum absolute atomic E-state index is 13.4. The zero-order valence-corrected chi connectivity index (χ0v) is 13.4. The predicted molar refractivity (Wildman–Crippen MR) is 90.5 cm³/mol. The number of H-pyrrole nitrogens is 1. The molecule has 23 heavy (non-hydrogen) atoms. The quantitative estimate of drug-likeness (QED) is 0.738. The Hall–Kier alpha value is -2.33. The van der Waals surface area contributed by atoms with Gasteiger partial charge in [0, 0.05) is 33.7 Å². The molecule has 0 spiro atoms. The Morgan fingerprint density at radius 3 is 2.70 bits per heavy atom. The Morgan fingerprint density at radius 1 is 1.22 bits per heavy atom. The zero-order chi connectivity index (χ0) is 16.4. The minimum Gasteiger partial charge on any atom is -0.358 e. The van der Waals surface area contributed by atoms with Crippen LogP contribution in [0.3, 0.4) is 0 Å². The van der Waals surface area contributed by atoms with Crippen LogP contribution in [0.5, 0.6) is 0 Å². The van der Waals surface area contributed by atoms with Gasteiger partial charge in [-0.05, 0) is 61.4 Å². The number of halogens is 2. The third-order valence-electron chi connectivity index (χ3n) is 3.85. The zero-order valence-electron chi connectivity index (χ0n) is 12.6. The van der Waals surface area contributed by atoms with E-state index in [1.807, 2.05) is 6.92 Å². The van der Waals surface area contributed by atoms with E-state index >= 15 is 0 Å². The van der Waals surface area contributed by atoms with Gasteiger partial charge in [-0.3, -0.25) is 4.79 Å². The number of hydrogen-bond acceptors (Lipinski definition) is 1. The van der Waals surface area contributed by atoms with Gasteiger partial charge in [-0.15, -0.1) is 0 Å². The SMILES string of the molecule is Cc1[nH]c2ccc(F)cc2c1CCNC(=O)c1ccc(Cl)cc1. The largest absolute Gasteiger partial charge is 0.358 e. The van der Waals surface area contributed by atoms with Gasteiger partial charge < -0.3 is 10.3 Å². The van der Waals surface area contributed by atoms with Crippen molar-refractivity contribution < 1.29 is 9.18 Å². The monoisotopic (exact) mass is 330 g/mol. The lowest BCUT2D eigenvalue weighted by Crippen LogP contribution is -2.25. The molecule has 3 rings (SSSR count). The van der Waals surface area contributed by atoms with E-state index in [-0.39, 0.29) is 11.7 Å². The average molecular weight is 331 g/mol. The smallest absolute Gasteiger partial charge is 0.251 e. The number of carbonyl (C=O) groups excluding carboxylic acids is 1. The molecular formula is C18H16ClFN2O. The Morgan fingerprint density at radius 2 is 1.96 bits per heavy atom. The summed E-state index contributed by atoms with van der Waals surface area (Å²) in [6.45, 7) is 2.43. The van der Waals surface area contributed by atoms with Gasteiger partial charge in [-0.25, -0.2) is 4.39 Å². The molecular weight excluding hydrogens is 315 g/mol. The highest BCUT2D eigenvalue weighted by molar-refractivity contribution is 6.30. The van der Waals surface area contributed by atoms with Crippen molar-refractivity contribution in [2.24, 2.45) is 0 Å². The van der Waals surface area contributed by atoms with Gasteiger partial charge in [0.1, 0.15) is 5.82 Å². The number of benzene rings is 2. The van der Waals surface area contributed by atoms with E-state index in [0.717, 1.165) is 22.2 Å². The molecule has 0 atom stereocenters. The summed E-state index contributed by atoms with van der Waals surface area (Å²) in [4.78, 5) is 15.3. The summed E-state index contributed by atoms with van der Waals surface area (Å²) in [6, 6.07) is 11.4. The number of rotatable bonds is 4. The Labute approximate surface area is 138 Å². The molecule has 0 unspecified atom stereocenters. The maximum Gasteiger partial charge on any atom is 0.251 e. The normalized spacial score (nSPS) is 10.9. The molecule has 0 saturated heterocycles. The van der Waals surface area contributed by atoms with Crippen molar-refractivity contribution in [3.63, 3.8) is 0 Å². The number of hydrogen-bond donors (Lipinski definition) is 2. The van der Waals surface area contributed by atoms with Crippen molar-refractivity contribution in [1.29, 1.82) is 0 Å². The van der Waals surface area contributed by atoms with Crippen LogP contribution >= 0.6 is 11.6 Å². The molecule has 5 heteroatoms. The fourth-order valence-electron chi connectivity index (χ4n) is 2.68. The molecule has 1 aromatic heterocycles. The van der Waals surface area contributed by atoms with Crippen molar-refractivity contribution in [2.45, 2.75) is 13.3 Å². The van der Waals surface area contributed by atoms with Crippen LogP contribution in [0.1, 0.15) is 21.6 Å². The van der Waals surface area contributed by atoms with Gasteiger partial charge >= 0.3 is 0 Å². The van der Waals surface area contributed by atoms with Crippen molar-refractivity contribution >= 4 is 28.4 Å². The molecule has 1 heterocycles.